The van der Waals surface area contributed by atoms with Crippen LogP contribution in [0.2, 0.25) is 0 Å². The van der Waals surface area contributed by atoms with Crippen LogP contribution in [0.4, 0.5) is 0 Å². The molecule has 2 unspecified atom stereocenters. The smallest absolute Gasteiger partial charge is 0.174 e. The minimum Gasteiger partial charge on any atom is -0.303 e. The van der Waals surface area contributed by atoms with Crippen LogP contribution in [0.3, 0.4) is 0 Å². The molecule has 0 amide bonds. The first-order valence-electron chi connectivity index (χ1n) is 5.96. The van der Waals surface area contributed by atoms with Crippen LogP contribution in [0.15, 0.2) is 54.6 Å². The molecule has 2 aromatic carbocycles. The Balaban J connectivity index is 2.19. The molecule has 3 rings (SSSR count). The zero-order valence-electron chi connectivity index (χ0n) is 9.74. The normalized spacial score (nSPS) is 21.7. The Kier molecular flexibility index (Phi) is 2.56. The second-order valence-electron chi connectivity index (χ2n) is 4.50. The van der Waals surface area contributed by atoms with Gasteiger partial charge in [0.05, 0.1) is 5.92 Å². The molecule has 1 aliphatic carbocycles. The van der Waals surface area contributed by atoms with Crippen molar-refractivity contribution in [3.8, 4) is 0 Å². The quantitative estimate of drug-likeness (QED) is 0.593. The molecule has 18 heavy (non-hydrogen) atoms. The van der Waals surface area contributed by atoms with E-state index in [0.29, 0.717) is 5.56 Å². The van der Waals surface area contributed by atoms with E-state index in [1.165, 1.54) is 0 Å². The van der Waals surface area contributed by atoms with Gasteiger partial charge in [-0.1, -0.05) is 54.6 Å². The summed E-state index contributed by atoms with van der Waals surface area (Å²) in [6.45, 7) is 0. The number of fused-ring (bicyclic) bond motifs is 1. The largest absolute Gasteiger partial charge is 0.303 e. The van der Waals surface area contributed by atoms with Gasteiger partial charge in [-0.05, 0) is 11.1 Å². The van der Waals surface area contributed by atoms with Crippen molar-refractivity contribution in [2.75, 3.05) is 0 Å². The van der Waals surface area contributed by atoms with Crippen LogP contribution in [0.5, 0.6) is 0 Å². The average molecular weight is 236 g/mol. The molecule has 2 aromatic rings. The Bertz CT molecular complexity index is 602. The summed E-state index contributed by atoms with van der Waals surface area (Å²) in [5, 5.41) is 0. The second-order valence-corrected chi connectivity index (χ2v) is 4.50. The fraction of sp³-hybridized carbons (Fsp3) is 0.125. The van der Waals surface area contributed by atoms with Crippen molar-refractivity contribution in [3.05, 3.63) is 71.3 Å². The first-order chi connectivity index (χ1) is 8.83. The number of ketones is 1. The molecule has 2 nitrogen and oxygen atoms in total. The number of carbonyl (C=O) groups excluding carboxylic acids is 2. The third kappa shape index (κ3) is 1.50. The lowest BCUT2D eigenvalue weighted by Gasteiger charge is -2.14. The van der Waals surface area contributed by atoms with Crippen LogP contribution in [-0.4, -0.2) is 12.1 Å². The molecule has 0 heterocycles. The van der Waals surface area contributed by atoms with E-state index in [1.807, 2.05) is 48.5 Å². The molecule has 0 aliphatic heterocycles. The zero-order chi connectivity index (χ0) is 12.5. The fourth-order valence-corrected chi connectivity index (χ4v) is 2.70. The van der Waals surface area contributed by atoms with Gasteiger partial charge < -0.3 is 4.79 Å². The van der Waals surface area contributed by atoms with Gasteiger partial charge in [-0.15, -0.1) is 0 Å². The van der Waals surface area contributed by atoms with Gasteiger partial charge in [0.2, 0.25) is 0 Å². The van der Waals surface area contributed by atoms with Crippen molar-refractivity contribution in [1.82, 2.24) is 0 Å². The van der Waals surface area contributed by atoms with Crippen LogP contribution >= 0.6 is 0 Å². The highest BCUT2D eigenvalue weighted by atomic mass is 16.1. The number of carbonyl (C=O) groups is 2. The van der Waals surface area contributed by atoms with Crippen molar-refractivity contribution >= 4 is 12.1 Å². The number of rotatable bonds is 2. The minimum atomic E-state index is -0.579. The lowest BCUT2D eigenvalue weighted by Crippen LogP contribution is -2.16. The first-order valence-corrected chi connectivity index (χ1v) is 5.96. The standard InChI is InChI=1S/C16H12O2/c17-10-14-15(11-6-2-1-3-7-11)12-8-4-5-9-13(12)16(14)18/h1-10,14-15H. The van der Waals surface area contributed by atoms with Gasteiger partial charge in [0.25, 0.3) is 0 Å². The second kappa shape index (κ2) is 4.22. The average Bonchev–Trinajstić information content (AvgIpc) is 2.73. The molecule has 0 fully saturated rings. The van der Waals surface area contributed by atoms with Gasteiger partial charge in [0.15, 0.2) is 5.78 Å². The van der Waals surface area contributed by atoms with Gasteiger partial charge in [-0.2, -0.15) is 0 Å². The zero-order valence-corrected chi connectivity index (χ0v) is 9.74. The van der Waals surface area contributed by atoms with E-state index in [1.54, 1.807) is 6.07 Å². The maximum atomic E-state index is 12.2. The molecule has 0 radical (unpaired) electrons. The van der Waals surface area contributed by atoms with Crippen molar-refractivity contribution in [2.45, 2.75) is 5.92 Å². The van der Waals surface area contributed by atoms with E-state index in [0.717, 1.165) is 17.4 Å². The summed E-state index contributed by atoms with van der Waals surface area (Å²) in [5.74, 6) is -0.772. The molecule has 0 bridgehead atoms. The highest BCUT2D eigenvalue weighted by Crippen LogP contribution is 2.41. The molecule has 2 atom stereocenters. The number of benzene rings is 2. The van der Waals surface area contributed by atoms with Crippen LogP contribution in [0.25, 0.3) is 0 Å². The van der Waals surface area contributed by atoms with Gasteiger partial charge in [-0.25, -0.2) is 0 Å². The van der Waals surface area contributed by atoms with E-state index >= 15 is 0 Å². The molecule has 1 aliphatic rings. The van der Waals surface area contributed by atoms with Crippen LogP contribution in [0, 0.1) is 5.92 Å². The van der Waals surface area contributed by atoms with Gasteiger partial charge in [0, 0.05) is 11.5 Å². The van der Waals surface area contributed by atoms with E-state index < -0.39 is 5.92 Å². The number of hydrogen-bond acceptors (Lipinski definition) is 2. The van der Waals surface area contributed by atoms with Gasteiger partial charge >= 0.3 is 0 Å². The Morgan fingerprint density at radius 2 is 1.56 bits per heavy atom. The third-order valence-electron chi connectivity index (χ3n) is 3.53. The lowest BCUT2D eigenvalue weighted by molar-refractivity contribution is -0.110. The molecule has 0 aromatic heterocycles. The molecule has 0 spiro atoms. The monoisotopic (exact) mass is 236 g/mol. The number of hydrogen-bond donors (Lipinski definition) is 0. The Morgan fingerprint density at radius 3 is 2.28 bits per heavy atom. The van der Waals surface area contributed by atoms with Crippen molar-refractivity contribution in [3.63, 3.8) is 0 Å². The van der Waals surface area contributed by atoms with Crippen molar-refractivity contribution in [2.24, 2.45) is 5.92 Å². The molecule has 2 heteroatoms. The Morgan fingerprint density at radius 1 is 0.889 bits per heavy atom. The molecule has 88 valence electrons. The number of aldehydes is 1. The number of Topliss-reactive ketones (excluding diaryl/α,β-unsaturated/α-hetero) is 1. The topological polar surface area (TPSA) is 34.1 Å². The summed E-state index contributed by atoms with van der Waals surface area (Å²) >= 11 is 0. The summed E-state index contributed by atoms with van der Waals surface area (Å²) in [6.07, 6.45) is 0.778. The predicted molar refractivity (Wildman–Crippen MR) is 68.6 cm³/mol. The lowest BCUT2D eigenvalue weighted by atomic mass is 9.86. The van der Waals surface area contributed by atoms with E-state index in [4.69, 9.17) is 0 Å². The van der Waals surface area contributed by atoms with E-state index in [-0.39, 0.29) is 11.7 Å². The predicted octanol–water partition coefficient (Wildman–Crippen LogP) is 2.83. The van der Waals surface area contributed by atoms with Crippen LogP contribution in [-0.2, 0) is 4.79 Å². The van der Waals surface area contributed by atoms with Gasteiger partial charge in [0.1, 0.15) is 6.29 Å². The minimum absolute atomic E-state index is 0.0607. The summed E-state index contributed by atoms with van der Waals surface area (Å²) in [4.78, 5) is 23.4. The molecular weight excluding hydrogens is 224 g/mol. The molecule has 0 saturated carbocycles. The van der Waals surface area contributed by atoms with Crippen molar-refractivity contribution < 1.29 is 9.59 Å². The summed E-state index contributed by atoms with van der Waals surface area (Å²) in [6, 6.07) is 17.2. The Hall–Kier alpha value is -2.22. The SMILES string of the molecule is O=CC1C(=O)c2ccccc2C1c1ccccc1. The van der Waals surface area contributed by atoms with E-state index in [2.05, 4.69) is 0 Å². The summed E-state index contributed by atoms with van der Waals surface area (Å²) < 4.78 is 0. The van der Waals surface area contributed by atoms with Gasteiger partial charge in [-0.3, -0.25) is 4.79 Å². The summed E-state index contributed by atoms with van der Waals surface area (Å²) in [5.41, 5.74) is 2.67. The Labute approximate surface area is 105 Å². The first kappa shape index (κ1) is 10.9. The third-order valence-corrected chi connectivity index (χ3v) is 3.53. The van der Waals surface area contributed by atoms with Crippen LogP contribution < -0.4 is 0 Å². The summed E-state index contributed by atoms with van der Waals surface area (Å²) in [7, 11) is 0. The highest BCUT2D eigenvalue weighted by molar-refractivity contribution is 6.10. The maximum absolute atomic E-state index is 12.2. The molecule has 0 N–H and O–H groups in total. The highest BCUT2D eigenvalue weighted by Gasteiger charge is 2.39. The fourth-order valence-electron chi connectivity index (χ4n) is 2.70. The molecular formula is C16H12O2. The molecule has 0 saturated heterocycles. The van der Waals surface area contributed by atoms with Crippen LogP contribution in [0.1, 0.15) is 27.4 Å². The van der Waals surface area contributed by atoms with Crippen molar-refractivity contribution in [1.29, 1.82) is 0 Å². The van der Waals surface area contributed by atoms with E-state index in [9.17, 15) is 9.59 Å². The maximum Gasteiger partial charge on any atom is 0.174 e.